The first-order valence-electron chi connectivity index (χ1n) is 5.73. The highest BCUT2D eigenvalue weighted by molar-refractivity contribution is 5.79. The van der Waals surface area contributed by atoms with E-state index in [4.69, 9.17) is 0 Å². The summed E-state index contributed by atoms with van der Waals surface area (Å²) in [5, 5.41) is 0. The van der Waals surface area contributed by atoms with E-state index in [1.165, 1.54) is 0 Å². The fourth-order valence-corrected chi connectivity index (χ4v) is 1.68. The molecule has 0 aliphatic carbocycles. The first-order chi connectivity index (χ1) is 8.71. The van der Waals surface area contributed by atoms with E-state index in [9.17, 15) is 4.79 Å². The van der Waals surface area contributed by atoms with Gasteiger partial charge in [0.05, 0.1) is 0 Å². The van der Waals surface area contributed by atoms with E-state index in [-0.39, 0.29) is 0 Å². The van der Waals surface area contributed by atoms with Crippen LogP contribution in [0.2, 0.25) is 0 Å². The van der Waals surface area contributed by atoms with E-state index in [2.05, 4.69) is 10.8 Å². The van der Waals surface area contributed by atoms with Gasteiger partial charge in [0.1, 0.15) is 6.29 Å². The molecule has 0 heterocycles. The predicted molar refractivity (Wildman–Crippen MR) is 74.9 cm³/mol. The first kappa shape index (κ1) is 14.1. The van der Waals surface area contributed by atoms with Crippen molar-refractivity contribution in [2.24, 2.45) is 0 Å². The zero-order valence-corrected chi connectivity index (χ0v) is 11.0. The van der Waals surface area contributed by atoms with Gasteiger partial charge >= 0.3 is 0 Å². The van der Waals surface area contributed by atoms with E-state index >= 15 is 0 Å². The second-order valence-corrected chi connectivity index (χ2v) is 4.02. The molecule has 0 atom stereocenters. The Labute approximate surface area is 108 Å². The lowest BCUT2D eigenvalue weighted by Crippen LogP contribution is -1.85. The van der Waals surface area contributed by atoms with Gasteiger partial charge < -0.3 is 4.74 Å². The van der Waals surface area contributed by atoms with Gasteiger partial charge in [-0.05, 0) is 35.7 Å². The molecule has 0 fully saturated rings. The quantitative estimate of drug-likeness (QED) is 0.750. The maximum atomic E-state index is 10.7. The molecule has 2 rings (SSSR count). The summed E-state index contributed by atoms with van der Waals surface area (Å²) < 4.78 is 4.25. The number of methoxy groups -OCH3 is 1. The van der Waals surface area contributed by atoms with Gasteiger partial charge in [-0.3, -0.25) is 4.79 Å². The molecule has 2 nitrogen and oxygen atoms in total. The van der Waals surface area contributed by atoms with Crippen molar-refractivity contribution in [3.05, 3.63) is 59.7 Å². The van der Waals surface area contributed by atoms with Crippen molar-refractivity contribution >= 4 is 6.29 Å². The van der Waals surface area contributed by atoms with Crippen LogP contribution in [0.3, 0.4) is 0 Å². The fourth-order valence-electron chi connectivity index (χ4n) is 1.68. The first-order valence-corrected chi connectivity index (χ1v) is 5.73. The Balaban J connectivity index is 0.000000492. The Kier molecular flexibility index (Phi) is 5.81. The minimum atomic E-state index is 0.730. The minimum Gasteiger partial charge on any atom is -0.388 e. The van der Waals surface area contributed by atoms with Gasteiger partial charge in [0.15, 0.2) is 0 Å². The highest BCUT2D eigenvalue weighted by atomic mass is 16.4. The van der Waals surface area contributed by atoms with Crippen molar-refractivity contribution in [1.29, 1.82) is 0 Å². The highest BCUT2D eigenvalue weighted by Gasteiger charge is 1.99. The number of aldehydes is 1. The number of ether oxygens (including phenoxy) is 1. The molecule has 0 saturated heterocycles. The summed E-state index contributed by atoms with van der Waals surface area (Å²) in [5.74, 6) is 0. The van der Waals surface area contributed by atoms with Crippen LogP contribution in [0.5, 0.6) is 0 Å². The molecule has 18 heavy (non-hydrogen) atoms. The SMILES string of the molecule is COC.Cc1cc(C=O)cc(-c2ccccc2)c1. The maximum Gasteiger partial charge on any atom is 0.150 e. The molecule has 0 spiro atoms. The second-order valence-electron chi connectivity index (χ2n) is 4.02. The van der Waals surface area contributed by atoms with Gasteiger partial charge in [-0.2, -0.15) is 0 Å². The summed E-state index contributed by atoms with van der Waals surface area (Å²) in [6, 6.07) is 16.0. The van der Waals surface area contributed by atoms with Crippen LogP contribution in [-0.2, 0) is 4.74 Å². The molecule has 0 unspecified atom stereocenters. The molecule has 0 aromatic heterocycles. The highest BCUT2D eigenvalue weighted by Crippen LogP contribution is 2.21. The van der Waals surface area contributed by atoms with Gasteiger partial charge in [0, 0.05) is 19.8 Å². The van der Waals surface area contributed by atoms with Crippen LogP contribution in [0, 0.1) is 6.92 Å². The predicted octanol–water partition coefficient (Wildman–Crippen LogP) is 3.74. The van der Waals surface area contributed by atoms with Crippen LogP contribution < -0.4 is 0 Å². The van der Waals surface area contributed by atoms with Gasteiger partial charge in [0.2, 0.25) is 0 Å². The third-order valence-corrected chi connectivity index (χ3v) is 2.34. The Hall–Kier alpha value is -1.93. The van der Waals surface area contributed by atoms with Crippen LogP contribution in [0.15, 0.2) is 48.5 Å². The summed E-state index contributed by atoms with van der Waals surface area (Å²) in [6.07, 6.45) is 0.888. The maximum absolute atomic E-state index is 10.7. The van der Waals surface area contributed by atoms with Crippen LogP contribution in [0.4, 0.5) is 0 Å². The Bertz CT molecular complexity index is 490. The number of carbonyl (C=O) groups is 1. The number of rotatable bonds is 2. The van der Waals surface area contributed by atoms with E-state index in [0.29, 0.717) is 0 Å². The van der Waals surface area contributed by atoms with E-state index in [0.717, 1.165) is 28.5 Å². The molecule has 2 aromatic rings. The van der Waals surface area contributed by atoms with Crippen molar-refractivity contribution in [2.75, 3.05) is 14.2 Å². The average Bonchev–Trinajstić information content (AvgIpc) is 2.40. The van der Waals surface area contributed by atoms with Crippen LogP contribution >= 0.6 is 0 Å². The van der Waals surface area contributed by atoms with Crippen molar-refractivity contribution in [3.8, 4) is 11.1 Å². The molecule has 0 aliphatic heterocycles. The number of carbonyl (C=O) groups excluding carboxylic acids is 1. The third-order valence-electron chi connectivity index (χ3n) is 2.34. The molecule has 0 radical (unpaired) electrons. The number of hydrogen-bond acceptors (Lipinski definition) is 2. The van der Waals surface area contributed by atoms with Crippen molar-refractivity contribution in [3.63, 3.8) is 0 Å². The second kappa shape index (κ2) is 7.41. The molecular formula is C16H18O2. The largest absolute Gasteiger partial charge is 0.388 e. The Morgan fingerprint density at radius 3 is 2.11 bits per heavy atom. The molecular weight excluding hydrogens is 224 g/mol. The monoisotopic (exact) mass is 242 g/mol. The summed E-state index contributed by atoms with van der Waals surface area (Å²) in [5.41, 5.74) is 4.08. The summed E-state index contributed by atoms with van der Waals surface area (Å²) >= 11 is 0. The molecule has 94 valence electrons. The van der Waals surface area contributed by atoms with Gasteiger partial charge in [0.25, 0.3) is 0 Å². The van der Waals surface area contributed by atoms with Crippen LogP contribution in [0.1, 0.15) is 15.9 Å². The lowest BCUT2D eigenvalue weighted by Gasteiger charge is -2.04. The van der Waals surface area contributed by atoms with Gasteiger partial charge in [-0.25, -0.2) is 0 Å². The summed E-state index contributed by atoms with van der Waals surface area (Å²) in [6.45, 7) is 2.00. The minimum absolute atomic E-state index is 0.730. The molecule has 0 N–H and O–H groups in total. The smallest absolute Gasteiger partial charge is 0.150 e. The molecule has 0 bridgehead atoms. The molecule has 0 saturated carbocycles. The molecule has 2 heteroatoms. The van der Waals surface area contributed by atoms with Crippen molar-refractivity contribution in [1.82, 2.24) is 0 Å². The van der Waals surface area contributed by atoms with E-state index in [1.807, 2.05) is 49.4 Å². The van der Waals surface area contributed by atoms with Gasteiger partial charge in [-0.15, -0.1) is 0 Å². The lowest BCUT2D eigenvalue weighted by molar-refractivity contribution is 0.112. The number of hydrogen-bond donors (Lipinski definition) is 0. The standard InChI is InChI=1S/C14H12O.C2H6O/c1-11-7-12(10-15)9-14(8-11)13-5-3-2-4-6-13;1-3-2/h2-10H,1H3;1-2H3. The lowest BCUT2D eigenvalue weighted by atomic mass is 10.0. The Morgan fingerprint density at radius 2 is 1.56 bits per heavy atom. The number of aryl methyl sites for hydroxylation is 1. The zero-order valence-electron chi connectivity index (χ0n) is 11.0. The number of benzene rings is 2. The molecule has 0 aliphatic rings. The third kappa shape index (κ3) is 4.15. The van der Waals surface area contributed by atoms with Crippen LogP contribution in [0.25, 0.3) is 11.1 Å². The normalized spacial score (nSPS) is 9.28. The van der Waals surface area contributed by atoms with Crippen molar-refractivity contribution in [2.45, 2.75) is 6.92 Å². The van der Waals surface area contributed by atoms with Gasteiger partial charge in [-0.1, -0.05) is 36.4 Å². The Morgan fingerprint density at radius 1 is 0.944 bits per heavy atom. The fraction of sp³-hybridized carbons (Fsp3) is 0.188. The zero-order chi connectivity index (χ0) is 13.4. The van der Waals surface area contributed by atoms with Crippen LogP contribution in [-0.4, -0.2) is 20.5 Å². The topological polar surface area (TPSA) is 26.3 Å². The summed E-state index contributed by atoms with van der Waals surface area (Å²) in [7, 11) is 3.25. The van der Waals surface area contributed by atoms with E-state index in [1.54, 1.807) is 14.2 Å². The summed E-state index contributed by atoms with van der Waals surface area (Å²) in [4.78, 5) is 10.7. The molecule has 0 amide bonds. The average molecular weight is 242 g/mol. The molecule has 2 aromatic carbocycles. The van der Waals surface area contributed by atoms with Crippen molar-refractivity contribution < 1.29 is 9.53 Å². The van der Waals surface area contributed by atoms with E-state index < -0.39 is 0 Å².